The molecule has 1 atom stereocenters. The Balaban J connectivity index is 1.91. The number of carbonyl (C=O) groups excluding carboxylic acids is 2. The number of nitrogens with one attached hydrogen (secondary N) is 1. The summed E-state index contributed by atoms with van der Waals surface area (Å²) in [5, 5.41) is 2.70. The molecule has 0 bridgehead atoms. The van der Waals surface area contributed by atoms with Crippen molar-refractivity contribution in [3.8, 4) is 5.75 Å². The van der Waals surface area contributed by atoms with Gasteiger partial charge in [0, 0.05) is 13.1 Å². The van der Waals surface area contributed by atoms with Gasteiger partial charge in [-0.3, -0.25) is 9.59 Å². The molecule has 1 saturated heterocycles. The van der Waals surface area contributed by atoms with Crippen molar-refractivity contribution < 1.29 is 14.3 Å². The number of hydrogen-bond donors (Lipinski definition) is 1. The van der Waals surface area contributed by atoms with Crippen molar-refractivity contribution in [2.24, 2.45) is 5.92 Å². The number of benzene rings is 1. The third-order valence-electron chi connectivity index (χ3n) is 3.84. The quantitative estimate of drug-likeness (QED) is 0.906. The molecule has 5 nitrogen and oxygen atoms in total. The summed E-state index contributed by atoms with van der Waals surface area (Å²) < 4.78 is 5.44. The first-order chi connectivity index (χ1) is 10.6. The van der Waals surface area contributed by atoms with Gasteiger partial charge in [0.2, 0.25) is 5.91 Å². The Morgan fingerprint density at radius 3 is 2.86 bits per heavy atom. The molecule has 22 heavy (non-hydrogen) atoms. The second-order valence-electron chi connectivity index (χ2n) is 5.70. The number of rotatable bonds is 5. The number of nitrogens with zero attached hydrogens (tertiary/aromatic N) is 1. The number of para-hydroxylation sites is 1. The number of likely N-dealkylation sites (tertiary alicyclic amines) is 1. The second kappa shape index (κ2) is 7.82. The maximum absolute atomic E-state index is 12.2. The van der Waals surface area contributed by atoms with Crippen molar-refractivity contribution in [3.63, 3.8) is 0 Å². The summed E-state index contributed by atoms with van der Waals surface area (Å²) in [4.78, 5) is 26.2. The minimum Gasteiger partial charge on any atom is -0.493 e. The van der Waals surface area contributed by atoms with Gasteiger partial charge in [0.25, 0.3) is 5.91 Å². The van der Waals surface area contributed by atoms with Gasteiger partial charge in [-0.1, -0.05) is 19.1 Å². The number of hydrogen-bond acceptors (Lipinski definition) is 3. The van der Waals surface area contributed by atoms with Crippen molar-refractivity contribution in [2.45, 2.75) is 26.7 Å². The van der Waals surface area contributed by atoms with E-state index in [1.807, 2.05) is 17.9 Å². The first-order valence-corrected chi connectivity index (χ1v) is 7.89. The van der Waals surface area contributed by atoms with Gasteiger partial charge in [-0.15, -0.1) is 0 Å². The molecule has 1 unspecified atom stereocenters. The van der Waals surface area contributed by atoms with Crippen LogP contribution in [0.1, 0.15) is 37.0 Å². The summed E-state index contributed by atoms with van der Waals surface area (Å²) >= 11 is 0. The van der Waals surface area contributed by atoms with Crippen LogP contribution in [0.2, 0.25) is 0 Å². The summed E-state index contributed by atoms with van der Waals surface area (Å²) in [5.41, 5.74) is 0.462. The van der Waals surface area contributed by atoms with Crippen LogP contribution in [0.15, 0.2) is 24.3 Å². The van der Waals surface area contributed by atoms with E-state index < -0.39 is 0 Å². The minimum atomic E-state index is -0.276. The third kappa shape index (κ3) is 4.23. The maximum atomic E-state index is 12.2. The molecule has 1 aliphatic rings. The Labute approximate surface area is 131 Å². The van der Waals surface area contributed by atoms with Crippen LogP contribution in [0.4, 0.5) is 0 Å². The number of carbonyl (C=O) groups is 2. The molecule has 1 aliphatic heterocycles. The lowest BCUT2D eigenvalue weighted by molar-refractivity contribution is -0.131. The molecule has 1 fully saturated rings. The summed E-state index contributed by atoms with van der Waals surface area (Å²) in [7, 11) is 0. The molecular weight excluding hydrogens is 280 g/mol. The highest BCUT2D eigenvalue weighted by Crippen LogP contribution is 2.18. The van der Waals surface area contributed by atoms with Crippen molar-refractivity contribution in [1.29, 1.82) is 0 Å². The monoisotopic (exact) mass is 304 g/mol. The molecule has 0 saturated carbocycles. The van der Waals surface area contributed by atoms with Crippen molar-refractivity contribution in [1.82, 2.24) is 10.2 Å². The van der Waals surface area contributed by atoms with E-state index in [1.54, 1.807) is 18.2 Å². The molecule has 0 aliphatic carbocycles. The molecule has 0 spiro atoms. The van der Waals surface area contributed by atoms with Crippen LogP contribution in [0, 0.1) is 5.92 Å². The normalized spacial score (nSPS) is 17.9. The van der Waals surface area contributed by atoms with Gasteiger partial charge in [0.15, 0.2) is 0 Å². The van der Waals surface area contributed by atoms with E-state index in [2.05, 4.69) is 12.2 Å². The molecule has 0 radical (unpaired) electrons. The Morgan fingerprint density at radius 1 is 1.36 bits per heavy atom. The van der Waals surface area contributed by atoms with Gasteiger partial charge in [-0.2, -0.15) is 0 Å². The Kier molecular flexibility index (Phi) is 5.81. The van der Waals surface area contributed by atoms with E-state index in [9.17, 15) is 9.59 Å². The summed E-state index contributed by atoms with van der Waals surface area (Å²) in [6.07, 6.45) is 2.20. The van der Waals surface area contributed by atoms with E-state index in [4.69, 9.17) is 4.74 Å². The first kappa shape index (κ1) is 16.3. The zero-order valence-electron chi connectivity index (χ0n) is 13.3. The molecule has 0 aromatic heterocycles. The van der Waals surface area contributed by atoms with E-state index in [0.29, 0.717) is 23.8 Å². The van der Waals surface area contributed by atoms with E-state index in [0.717, 1.165) is 25.9 Å². The lowest BCUT2D eigenvalue weighted by Crippen LogP contribution is -2.44. The van der Waals surface area contributed by atoms with Crippen LogP contribution in [0.3, 0.4) is 0 Å². The van der Waals surface area contributed by atoms with Crippen LogP contribution in [0.25, 0.3) is 0 Å². The topological polar surface area (TPSA) is 58.6 Å². The van der Waals surface area contributed by atoms with Crippen LogP contribution >= 0.6 is 0 Å². The average Bonchev–Trinajstić information content (AvgIpc) is 2.53. The molecule has 1 aromatic rings. The SMILES string of the molecule is CCOc1ccccc1C(=O)NCC(=O)N1CCCC(C)C1. The van der Waals surface area contributed by atoms with Crippen LogP contribution in [-0.2, 0) is 4.79 Å². The standard InChI is InChI=1S/C17H24N2O3/c1-3-22-15-9-5-4-8-14(15)17(21)18-11-16(20)19-10-6-7-13(2)12-19/h4-5,8-9,13H,3,6-7,10-12H2,1-2H3,(H,18,21). The minimum absolute atomic E-state index is 0.0196. The zero-order valence-corrected chi connectivity index (χ0v) is 13.3. The second-order valence-corrected chi connectivity index (χ2v) is 5.70. The van der Waals surface area contributed by atoms with E-state index >= 15 is 0 Å². The Morgan fingerprint density at radius 2 is 2.14 bits per heavy atom. The number of amides is 2. The van der Waals surface area contributed by atoms with Gasteiger partial charge in [-0.05, 0) is 37.8 Å². The predicted molar refractivity (Wildman–Crippen MR) is 84.9 cm³/mol. The zero-order chi connectivity index (χ0) is 15.9. The molecule has 2 rings (SSSR count). The fraction of sp³-hybridized carbons (Fsp3) is 0.529. The van der Waals surface area contributed by atoms with Gasteiger partial charge in [0.1, 0.15) is 5.75 Å². The average molecular weight is 304 g/mol. The van der Waals surface area contributed by atoms with Gasteiger partial charge in [0.05, 0.1) is 18.7 Å². The predicted octanol–water partition coefficient (Wildman–Crippen LogP) is 2.07. The van der Waals surface area contributed by atoms with Crippen LogP contribution < -0.4 is 10.1 Å². The Hall–Kier alpha value is -2.04. The lowest BCUT2D eigenvalue weighted by atomic mass is 10.0. The summed E-state index contributed by atoms with van der Waals surface area (Å²) in [5.74, 6) is 0.782. The molecule has 1 N–H and O–H groups in total. The summed E-state index contributed by atoms with van der Waals surface area (Å²) in [6, 6.07) is 7.06. The fourth-order valence-electron chi connectivity index (χ4n) is 2.71. The third-order valence-corrected chi connectivity index (χ3v) is 3.84. The van der Waals surface area contributed by atoms with E-state index in [-0.39, 0.29) is 18.4 Å². The molecule has 2 amide bonds. The van der Waals surface area contributed by atoms with Gasteiger partial charge < -0.3 is 15.0 Å². The molecular formula is C17H24N2O3. The smallest absolute Gasteiger partial charge is 0.255 e. The van der Waals surface area contributed by atoms with Crippen molar-refractivity contribution in [3.05, 3.63) is 29.8 Å². The highest BCUT2D eigenvalue weighted by atomic mass is 16.5. The maximum Gasteiger partial charge on any atom is 0.255 e. The van der Waals surface area contributed by atoms with Gasteiger partial charge in [-0.25, -0.2) is 0 Å². The molecule has 120 valence electrons. The highest BCUT2D eigenvalue weighted by Gasteiger charge is 2.21. The Bertz CT molecular complexity index is 530. The van der Waals surface area contributed by atoms with Crippen molar-refractivity contribution >= 4 is 11.8 Å². The van der Waals surface area contributed by atoms with Crippen LogP contribution in [-0.4, -0.2) is 43.0 Å². The number of piperidine rings is 1. The fourth-order valence-corrected chi connectivity index (χ4v) is 2.71. The highest BCUT2D eigenvalue weighted by molar-refractivity contribution is 5.98. The largest absolute Gasteiger partial charge is 0.493 e. The van der Waals surface area contributed by atoms with E-state index in [1.165, 1.54) is 0 Å². The van der Waals surface area contributed by atoms with Crippen molar-refractivity contribution in [2.75, 3.05) is 26.2 Å². The first-order valence-electron chi connectivity index (χ1n) is 7.89. The van der Waals surface area contributed by atoms with Gasteiger partial charge >= 0.3 is 0 Å². The summed E-state index contributed by atoms with van der Waals surface area (Å²) in [6.45, 7) is 6.12. The molecule has 1 heterocycles. The molecule has 5 heteroatoms. The molecule has 1 aromatic carbocycles. The lowest BCUT2D eigenvalue weighted by Gasteiger charge is -2.31. The van der Waals surface area contributed by atoms with Crippen LogP contribution in [0.5, 0.6) is 5.75 Å². The number of ether oxygens (including phenoxy) is 1.